The summed E-state index contributed by atoms with van der Waals surface area (Å²) in [6.07, 6.45) is 0. The Bertz CT molecular complexity index is 1370. The standard InChI is InChI=1S/C24H21BrClN5O2S/c1-16(27)28-24(30-34(32,33)21-13-9-19(25)10-14-21)31-15-22(17-5-3-2-4-6-17)23(29-31)18-7-11-20(26)12-8-18/h2-14,22H,15H2,1H3,(H2,27,28,30)/t22-/m1/s1. The van der Waals surface area contributed by atoms with Crippen LogP contribution in [0.5, 0.6) is 0 Å². The van der Waals surface area contributed by atoms with Crippen LogP contribution in [0.3, 0.4) is 0 Å². The zero-order chi connectivity index (χ0) is 24.3. The summed E-state index contributed by atoms with van der Waals surface area (Å²) in [6, 6.07) is 23.4. The Kier molecular flexibility index (Phi) is 7.16. The van der Waals surface area contributed by atoms with Gasteiger partial charge in [-0.2, -0.15) is 18.5 Å². The van der Waals surface area contributed by atoms with Gasteiger partial charge in [-0.05, 0) is 54.4 Å². The average molecular weight is 559 g/mol. The van der Waals surface area contributed by atoms with Crippen LogP contribution in [-0.2, 0) is 10.0 Å². The molecule has 0 saturated carbocycles. The molecular formula is C24H21BrClN5O2S. The summed E-state index contributed by atoms with van der Waals surface area (Å²) in [6.45, 7) is 1.91. The lowest BCUT2D eigenvalue weighted by molar-refractivity contribution is 0.470. The number of sulfonamides is 1. The van der Waals surface area contributed by atoms with Gasteiger partial charge in [-0.1, -0.05) is 70.0 Å². The van der Waals surface area contributed by atoms with Crippen molar-refractivity contribution in [2.75, 3.05) is 6.54 Å². The van der Waals surface area contributed by atoms with Gasteiger partial charge in [0, 0.05) is 15.4 Å². The van der Waals surface area contributed by atoms with E-state index < -0.39 is 10.0 Å². The molecule has 0 spiro atoms. The minimum absolute atomic E-state index is 0.0405. The number of rotatable bonds is 4. The quantitative estimate of drug-likeness (QED) is 0.359. The molecule has 174 valence electrons. The van der Waals surface area contributed by atoms with Crippen LogP contribution in [0.15, 0.2) is 103 Å². The van der Waals surface area contributed by atoms with Gasteiger partial charge >= 0.3 is 0 Å². The van der Waals surface area contributed by atoms with Crippen molar-refractivity contribution in [2.24, 2.45) is 20.2 Å². The van der Waals surface area contributed by atoms with Crippen molar-refractivity contribution >= 4 is 55.1 Å². The molecule has 0 bridgehead atoms. The Balaban J connectivity index is 1.80. The van der Waals surface area contributed by atoms with Crippen LogP contribution in [0.2, 0.25) is 5.02 Å². The molecule has 3 aromatic carbocycles. The van der Waals surface area contributed by atoms with E-state index in [9.17, 15) is 8.42 Å². The van der Waals surface area contributed by atoms with Crippen molar-refractivity contribution in [1.29, 1.82) is 0 Å². The number of amidine groups is 1. The maximum absolute atomic E-state index is 13.0. The molecule has 0 aromatic heterocycles. The second-order valence-electron chi connectivity index (χ2n) is 7.61. The lowest BCUT2D eigenvalue weighted by Crippen LogP contribution is -2.27. The van der Waals surface area contributed by atoms with Gasteiger partial charge in [-0.15, -0.1) is 4.40 Å². The molecule has 2 N–H and O–H groups in total. The van der Waals surface area contributed by atoms with E-state index >= 15 is 0 Å². The molecule has 0 amide bonds. The molecule has 0 aliphatic carbocycles. The Labute approximate surface area is 211 Å². The molecule has 34 heavy (non-hydrogen) atoms. The van der Waals surface area contributed by atoms with Gasteiger partial charge < -0.3 is 5.73 Å². The minimum atomic E-state index is -4.05. The zero-order valence-corrected chi connectivity index (χ0v) is 21.3. The number of aliphatic imine (C=N–C) groups is 1. The number of halogens is 2. The van der Waals surface area contributed by atoms with Crippen LogP contribution in [0.1, 0.15) is 24.0 Å². The fourth-order valence-corrected chi connectivity index (χ4v) is 4.83. The predicted molar refractivity (Wildman–Crippen MR) is 140 cm³/mol. The molecule has 0 saturated heterocycles. The molecule has 0 fully saturated rings. The van der Waals surface area contributed by atoms with Crippen LogP contribution in [-0.4, -0.2) is 37.5 Å². The third-order valence-electron chi connectivity index (χ3n) is 5.08. The highest BCUT2D eigenvalue weighted by atomic mass is 79.9. The van der Waals surface area contributed by atoms with Crippen molar-refractivity contribution in [1.82, 2.24) is 5.01 Å². The van der Waals surface area contributed by atoms with E-state index in [2.05, 4.69) is 25.3 Å². The number of nitrogens with zero attached hydrogens (tertiary/aromatic N) is 4. The summed E-state index contributed by atoms with van der Waals surface area (Å²) in [7, 11) is -4.05. The fraction of sp³-hybridized carbons (Fsp3) is 0.125. The Morgan fingerprint density at radius 2 is 1.71 bits per heavy atom. The van der Waals surface area contributed by atoms with Crippen molar-refractivity contribution in [2.45, 2.75) is 17.7 Å². The lowest BCUT2D eigenvalue weighted by atomic mass is 9.91. The van der Waals surface area contributed by atoms with Crippen molar-refractivity contribution in [3.63, 3.8) is 0 Å². The molecular weight excluding hydrogens is 538 g/mol. The molecule has 1 aliphatic heterocycles. The number of guanidine groups is 1. The highest BCUT2D eigenvalue weighted by Gasteiger charge is 2.32. The van der Waals surface area contributed by atoms with Gasteiger partial charge in [-0.3, -0.25) is 0 Å². The second-order valence-corrected chi connectivity index (χ2v) is 10.6. The molecule has 4 rings (SSSR count). The molecule has 3 aromatic rings. The first-order valence-electron chi connectivity index (χ1n) is 10.3. The zero-order valence-electron chi connectivity index (χ0n) is 18.1. The van der Waals surface area contributed by atoms with Crippen LogP contribution in [0.25, 0.3) is 0 Å². The molecule has 10 heteroatoms. The molecule has 0 unspecified atom stereocenters. The van der Waals surface area contributed by atoms with Gasteiger partial charge in [0.15, 0.2) is 0 Å². The maximum atomic E-state index is 13.0. The Morgan fingerprint density at radius 1 is 1.06 bits per heavy atom. The van der Waals surface area contributed by atoms with Crippen LogP contribution >= 0.6 is 27.5 Å². The number of benzene rings is 3. The summed E-state index contributed by atoms with van der Waals surface area (Å²) in [5.74, 6) is -0.0831. The topological polar surface area (TPSA) is 100 Å². The Morgan fingerprint density at radius 3 is 2.32 bits per heavy atom. The second kappa shape index (κ2) is 10.1. The molecule has 1 atom stereocenters. The first kappa shape index (κ1) is 24.1. The van der Waals surface area contributed by atoms with E-state index in [1.807, 2.05) is 42.5 Å². The molecule has 0 radical (unpaired) electrons. The summed E-state index contributed by atoms with van der Waals surface area (Å²) < 4.78 is 30.8. The lowest BCUT2D eigenvalue weighted by Gasteiger charge is -2.16. The van der Waals surface area contributed by atoms with E-state index in [0.717, 1.165) is 21.3 Å². The average Bonchev–Trinajstić information content (AvgIpc) is 3.25. The molecule has 1 aliphatic rings. The summed E-state index contributed by atoms with van der Waals surface area (Å²) >= 11 is 9.39. The summed E-state index contributed by atoms with van der Waals surface area (Å²) in [5.41, 5.74) is 8.47. The van der Waals surface area contributed by atoms with Crippen molar-refractivity contribution in [3.05, 3.63) is 99.5 Å². The number of hydrazone groups is 1. The normalized spacial score (nSPS) is 17.1. The van der Waals surface area contributed by atoms with Crippen molar-refractivity contribution in [3.8, 4) is 0 Å². The highest BCUT2D eigenvalue weighted by molar-refractivity contribution is 9.10. The van der Waals surface area contributed by atoms with E-state index in [-0.39, 0.29) is 22.6 Å². The van der Waals surface area contributed by atoms with Gasteiger partial charge in [0.1, 0.15) is 0 Å². The number of hydrogen-bond donors (Lipinski definition) is 1. The SMILES string of the molecule is C/C(N)=N/C(=N\S(=O)(=O)c1ccc(Br)cc1)N1C[C@H](c2ccccc2)C(c2ccc(Cl)cc2)=N1. The van der Waals surface area contributed by atoms with Gasteiger partial charge in [-0.25, -0.2) is 5.01 Å². The first-order valence-corrected chi connectivity index (χ1v) is 12.9. The third kappa shape index (κ3) is 5.55. The monoisotopic (exact) mass is 557 g/mol. The van der Waals surface area contributed by atoms with Crippen LogP contribution in [0.4, 0.5) is 0 Å². The third-order valence-corrected chi connectivity index (χ3v) is 7.13. The minimum Gasteiger partial charge on any atom is -0.387 e. The largest absolute Gasteiger partial charge is 0.387 e. The predicted octanol–water partition coefficient (Wildman–Crippen LogP) is 5.03. The number of nitrogens with two attached hydrogens (primary N) is 1. The van der Waals surface area contributed by atoms with E-state index in [4.69, 9.17) is 22.4 Å². The highest BCUT2D eigenvalue weighted by Crippen LogP contribution is 2.30. The van der Waals surface area contributed by atoms with Gasteiger partial charge in [0.2, 0.25) is 0 Å². The molecule has 7 nitrogen and oxygen atoms in total. The van der Waals surface area contributed by atoms with E-state index in [1.54, 1.807) is 31.2 Å². The van der Waals surface area contributed by atoms with Gasteiger partial charge in [0.25, 0.3) is 16.0 Å². The van der Waals surface area contributed by atoms with E-state index in [0.29, 0.717) is 11.6 Å². The maximum Gasteiger partial charge on any atom is 0.285 e. The summed E-state index contributed by atoms with van der Waals surface area (Å²) in [5, 5.41) is 6.83. The fourth-order valence-electron chi connectivity index (χ4n) is 3.50. The summed E-state index contributed by atoms with van der Waals surface area (Å²) in [4.78, 5) is 4.25. The number of hydrogen-bond acceptors (Lipinski definition) is 3. The Hall–Kier alpha value is -3.01. The van der Waals surface area contributed by atoms with E-state index in [1.165, 1.54) is 17.1 Å². The molecule has 1 heterocycles. The first-order chi connectivity index (χ1) is 16.2. The van der Waals surface area contributed by atoms with Gasteiger partial charge in [0.05, 0.1) is 23.0 Å². The van der Waals surface area contributed by atoms with Crippen LogP contribution in [0, 0.1) is 0 Å². The van der Waals surface area contributed by atoms with Crippen molar-refractivity contribution < 1.29 is 8.42 Å². The van der Waals surface area contributed by atoms with Crippen LogP contribution < -0.4 is 5.73 Å². The smallest absolute Gasteiger partial charge is 0.285 e.